The van der Waals surface area contributed by atoms with Crippen molar-refractivity contribution in [3.8, 4) is 17.2 Å². The molecule has 1 atom stereocenters. The van der Waals surface area contributed by atoms with Gasteiger partial charge in [0.05, 0.1) is 29.2 Å². The van der Waals surface area contributed by atoms with Crippen LogP contribution >= 0.6 is 0 Å². The molecular weight excluding hydrogens is 568 g/mol. The molecule has 0 aliphatic carbocycles. The van der Waals surface area contributed by atoms with E-state index in [1.54, 1.807) is 22.9 Å². The van der Waals surface area contributed by atoms with E-state index in [9.17, 15) is 22.4 Å². The normalized spacial score (nSPS) is 17.1. The van der Waals surface area contributed by atoms with Crippen molar-refractivity contribution >= 4 is 28.2 Å². The summed E-state index contributed by atoms with van der Waals surface area (Å²) in [4.78, 5) is 27.4. The molecule has 1 saturated heterocycles. The smallest absolute Gasteiger partial charge is 0.342 e. The van der Waals surface area contributed by atoms with Gasteiger partial charge in [-0.1, -0.05) is 29.4 Å². The highest BCUT2D eigenvalue weighted by Crippen LogP contribution is 2.35. The van der Waals surface area contributed by atoms with Gasteiger partial charge in [0.15, 0.2) is 6.17 Å². The van der Waals surface area contributed by atoms with Crippen molar-refractivity contribution in [2.45, 2.75) is 31.9 Å². The molecule has 1 aliphatic rings. The largest absolute Gasteiger partial charge is 0.406 e. The zero-order valence-corrected chi connectivity index (χ0v) is 22.9. The van der Waals surface area contributed by atoms with E-state index in [0.717, 1.165) is 10.3 Å². The number of benzene rings is 2. The molecule has 0 bridgehead atoms. The van der Waals surface area contributed by atoms with Gasteiger partial charge in [-0.2, -0.15) is 18.2 Å². The van der Waals surface area contributed by atoms with Crippen LogP contribution in [0.25, 0.3) is 28.1 Å². The first-order valence-electron chi connectivity index (χ1n) is 13.4. The molecule has 222 valence electrons. The average Bonchev–Trinajstić information content (AvgIpc) is 3.73. The Bertz CT molecular complexity index is 1790. The number of para-hydroxylation sites is 1. The first-order valence-corrected chi connectivity index (χ1v) is 13.4. The Morgan fingerprint density at radius 2 is 1.98 bits per heavy atom. The number of amides is 1. The van der Waals surface area contributed by atoms with Crippen molar-refractivity contribution in [3.63, 3.8) is 0 Å². The van der Waals surface area contributed by atoms with Gasteiger partial charge in [0.2, 0.25) is 11.7 Å². The topological polar surface area (TPSA) is 106 Å². The van der Waals surface area contributed by atoms with Gasteiger partial charge in [-0.3, -0.25) is 9.79 Å². The minimum atomic E-state index is -4.55. The quantitative estimate of drug-likeness (QED) is 0.263. The van der Waals surface area contributed by atoms with Crippen molar-refractivity contribution in [1.82, 2.24) is 34.5 Å². The van der Waals surface area contributed by atoms with Crippen LogP contribution in [0.15, 0.2) is 76.6 Å². The fourth-order valence-corrected chi connectivity index (χ4v) is 4.97. The molecule has 1 amide bonds. The Kier molecular flexibility index (Phi) is 7.52. The summed E-state index contributed by atoms with van der Waals surface area (Å²) >= 11 is 0. The molecule has 0 radical (unpaired) electrons. The van der Waals surface area contributed by atoms with E-state index in [1.165, 1.54) is 18.5 Å². The molecule has 14 heteroatoms. The molecule has 6 rings (SSSR count). The predicted molar refractivity (Wildman–Crippen MR) is 150 cm³/mol. The molecule has 1 fully saturated rings. The van der Waals surface area contributed by atoms with E-state index in [4.69, 9.17) is 4.52 Å². The summed E-state index contributed by atoms with van der Waals surface area (Å²) < 4.78 is 63.7. The van der Waals surface area contributed by atoms with E-state index in [-0.39, 0.29) is 41.7 Å². The number of hydrogen-bond donors (Lipinski definition) is 1. The first kappa shape index (κ1) is 28.3. The Morgan fingerprint density at radius 1 is 1.16 bits per heavy atom. The van der Waals surface area contributed by atoms with Gasteiger partial charge in [0.25, 0.3) is 5.91 Å². The zero-order chi connectivity index (χ0) is 30.1. The van der Waals surface area contributed by atoms with Crippen molar-refractivity contribution in [3.05, 3.63) is 78.7 Å². The highest BCUT2D eigenvalue weighted by molar-refractivity contribution is 5.99. The molecule has 0 unspecified atom stereocenters. The SMILES string of the molecule is CN1CCC(=Nc2cccc3c2cc(-c2noc(CNC(=O)c4cn(-c5ccccc5)cn4)n2)n3CC(F)(F)F)[C@@H](F)C1. The molecule has 0 saturated carbocycles. The Labute approximate surface area is 242 Å². The average molecular weight is 595 g/mol. The number of imidazole rings is 1. The number of rotatable bonds is 7. The molecule has 0 spiro atoms. The van der Waals surface area contributed by atoms with Crippen LogP contribution < -0.4 is 5.32 Å². The van der Waals surface area contributed by atoms with Gasteiger partial charge >= 0.3 is 6.18 Å². The third-order valence-electron chi connectivity index (χ3n) is 7.07. The summed E-state index contributed by atoms with van der Waals surface area (Å²) in [6, 6.07) is 15.6. The predicted octanol–water partition coefficient (Wildman–Crippen LogP) is 5.12. The standard InChI is InChI=1S/C29H26F4N8O2/c1-39-11-10-22(20(30)14-39)36-21-8-5-9-24-19(21)12-25(41(24)16-29(31,32)33)27-37-26(43-38-27)13-34-28(42)23-15-40(17-35-23)18-6-3-2-4-7-18/h2-9,12,15,17,20H,10-11,13-14,16H2,1H3,(H,34,42)/t20-/m0/s1. The molecule has 3 aromatic heterocycles. The van der Waals surface area contributed by atoms with Crippen LogP contribution in [0.1, 0.15) is 22.8 Å². The molecule has 4 heterocycles. The number of nitrogens with zero attached hydrogens (tertiary/aromatic N) is 7. The minimum Gasteiger partial charge on any atom is -0.342 e. The third-order valence-corrected chi connectivity index (χ3v) is 7.07. The number of carbonyl (C=O) groups excluding carboxylic acids is 1. The van der Waals surface area contributed by atoms with E-state index in [2.05, 4.69) is 25.4 Å². The van der Waals surface area contributed by atoms with Gasteiger partial charge in [-0.15, -0.1) is 0 Å². The van der Waals surface area contributed by atoms with Gasteiger partial charge < -0.3 is 23.9 Å². The van der Waals surface area contributed by atoms with Crippen molar-refractivity contribution in [2.75, 3.05) is 20.1 Å². The number of carbonyl (C=O) groups is 1. The van der Waals surface area contributed by atoms with Crippen LogP contribution in [0.5, 0.6) is 0 Å². The van der Waals surface area contributed by atoms with Crippen LogP contribution in [-0.4, -0.2) is 73.3 Å². The van der Waals surface area contributed by atoms with Crippen molar-refractivity contribution < 1.29 is 26.9 Å². The second kappa shape index (κ2) is 11.4. The second-order valence-electron chi connectivity index (χ2n) is 10.2. The summed E-state index contributed by atoms with van der Waals surface area (Å²) in [5.41, 5.74) is 1.97. The first-order chi connectivity index (χ1) is 20.6. The Hall–Kier alpha value is -4.85. The van der Waals surface area contributed by atoms with Crippen molar-refractivity contribution in [2.24, 2.45) is 4.99 Å². The maximum absolute atomic E-state index is 14.7. The molecule has 1 N–H and O–H groups in total. The summed E-state index contributed by atoms with van der Waals surface area (Å²) in [6.45, 7) is -0.652. The number of halogens is 4. The maximum atomic E-state index is 14.7. The number of piperidine rings is 1. The lowest BCUT2D eigenvalue weighted by Gasteiger charge is -2.26. The highest BCUT2D eigenvalue weighted by Gasteiger charge is 2.31. The zero-order valence-electron chi connectivity index (χ0n) is 22.9. The van der Waals surface area contributed by atoms with E-state index < -0.39 is 24.8 Å². The van der Waals surface area contributed by atoms with Gasteiger partial charge in [-0.25, -0.2) is 9.37 Å². The number of aliphatic imine (C=N–C) groups is 1. The van der Waals surface area contributed by atoms with Gasteiger partial charge in [0.1, 0.15) is 18.6 Å². The molecule has 10 nitrogen and oxygen atoms in total. The molecular formula is C29H26F4N8O2. The second-order valence-corrected chi connectivity index (χ2v) is 10.2. The summed E-state index contributed by atoms with van der Waals surface area (Å²) in [7, 11) is 1.82. The molecule has 2 aromatic carbocycles. The minimum absolute atomic E-state index is 0.0123. The lowest BCUT2D eigenvalue weighted by molar-refractivity contribution is -0.139. The summed E-state index contributed by atoms with van der Waals surface area (Å²) in [5.74, 6) is -0.606. The summed E-state index contributed by atoms with van der Waals surface area (Å²) in [5, 5.41) is 6.91. The fourth-order valence-electron chi connectivity index (χ4n) is 4.97. The molecule has 5 aromatic rings. The number of nitrogens with one attached hydrogen (secondary N) is 1. The third kappa shape index (κ3) is 6.18. The lowest BCUT2D eigenvalue weighted by Crippen LogP contribution is -2.39. The fraction of sp³-hybridized carbons (Fsp3) is 0.276. The van der Waals surface area contributed by atoms with E-state index >= 15 is 0 Å². The summed E-state index contributed by atoms with van der Waals surface area (Å²) in [6.07, 6.45) is -2.33. The number of aromatic nitrogens is 5. The van der Waals surface area contributed by atoms with Crippen LogP contribution in [0.2, 0.25) is 0 Å². The number of hydrogen-bond acceptors (Lipinski definition) is 7. The van der Waals surface area contributed by atoms with Gasteiger partial charge in [-0.05, 0) is 37.4 Å². The number of fused-ring (bicyclic) bond motifs is 1. The molecule has 1 aliphatic heterocycles. The van der Waals surface area contributed by atoms with Gasteiger partial charge in [0, 0.05) is 36.8 Å². The Balaban J connectivity index is 1.26. The maximum Gasteiger partial charge on any atom is 0.406 e. The van der Waals surface area contributed by atoms with Crippen LogP contribution in [0, 0.1) is 0 Å². The highest BCUT2D eigenvalue weighted by atomic mass is 19.4. The van der Waals surface area contributed by atoms with Crippen LogP contribution in [0.4, 0.5) is 23.2 Å². The van der Waals surface area contributed by atoms with Crippen LogP contribution in [-0.2, 0) is 13.1 Å². The Morgan fingerprint density at radius 3 is 2.74 bits per heavy atom. The molecule has 43 heavy (non-hydrogen) atoms. The number of alkyl halides is 4. The van der Waals surface area contributed by atoms with E-state index in [0.29, 0.717) is 29.8 Å². The lowest BCUT2D eigenvalue weighted by atomic mass is 10.1. The number of likely N-dealkylation sites (tertiary alicyclic amines) is 1. The van der Waals surface area contributed by atoms with Crippen molar-refractivity contribution in [1.29, 1.82) is 0 Å². The van der Waals surface area contributed by atoms with E-state index in [1.807, 2.05) is 42.3 Å². The van der Waals surface area contributed by atoms with Crippen LogP contribution in [0.3, 0.4) is 0 Å². The monoisotopic (exact) mass is 594 g/mol.